The molecular formula is C22H26N2O3. The Hall–Kier alpha value is -2.82. The van der Waals surface area contributed by atoms with E-state index in [1.165, 1.54) is 5.56 Å². The Morgan fingerprint density at radius 3 is 2.52 bits per heavy atom. The highest BCUT2D eigenvalue weighted by Crippen LogP contribution is 2.28. The van der Waals surface area contributed by atoms with Crippen LogP contribution in [0, 0.1) is 5.92 Å². The Bertz CT molecular complexity index is 789. The Labute approximate surface area is 160 Å². The average molecular weight is 366 g/mol. The predicted octanol–water partition coefficient (Wildman–Crippen LogP) is 3.19. The standard InChI is InChI=1S/C22H26N2O3/c1-16(2)14-19(23-21(25)15-27-18-9-4-3-5-10-18)22(26)24-13-12-17-8-6-7-11-20(17)24/h3-11,16,19H,12-15H2,1-2H3,(H,23,25)/t19-/m1/s1. The molecule has 1 heterocycles. The van der Waals surface area contributed by atoms with Crippen LogP contribution in [0.2, 0.25) is 0 Å². The SMILES string of the molecule is CC(C)C[C@@H](NC(=O)COc1ccccc1)C(=O)N1CCc2ccccc21. The number of nitrogens with one attached hydrogen (secondary N) is 1. The van der Waals surface area contributed by atoms with Gasteiger partial charge in [0.15, 0.2) is 6.61 Å². The molecule has 0 unspecified atom stereocenters. The number of hydrogen-bond donors (Lipinski definition) is 1. The molecule has 0 spiro atoms. The normalized spacial score (nSPS) is 14.0. The molecule has 1 atom stereocenters. The number of fused-ring (bicyclic) bond motifs is 1. The molecule has 2 amide bonds. The topological polar surface area (TPSA) is 58.6 Å². The summed E-state index contributed by atoms with van der Waals surface area (Å²) in [5.74, 6) is 0.576. The summed E-state index contributed by atoms with van der Waals surface area (Å²) >= 11 is 0. The van der Waals surface area contributed by atoms with Gasteiger partial charge in [-0.15, -0.1) is 0 Å². The van der Waals surface area contributed by atoms with E-state index >= 15 is 0 Å². The minimum Gasteiger partial charge on any atom is -0.484 e. The van der Waals surface area contributed by atoms with Gasteiger partial charge in [0, 0.05) is 12.2 Å². The quantitative estimate of drug-likeness (QED) is 0.819. The molecule has 3 rings (SSSR count). The van der Waals surface area contributed by atoms with Gasteiger partial charge in [0.1, 0.15) is 11.8 Å². The fourth-order valence-corrected chi connectivity index (χ4v) is 3.35. The minimum absolute atomic E-state index is 0.0540. The maximum Gasteiger partial charge on any atom is 0.258 e. The van der Waals surface area contributed by atoms with Crippen LogP contribution in [0.25, 0.3) is 0 Å². The highest BCUT2D eigenvalue weighted by Gasteiger charge is 2.31. The molecule has 0 saturated carbocycles. The number of nitrogens with zero attached hydrogens (tertiary/aromatic N) is 1. The van der Waals surface area contributed by atoms with E-state index in [9.17, 15) is 9.59 Å². The molecule has 5 nitrogen and oxygen atoms in total. The van der Waals surface area contributed by atoms with Crippen LogP contribution in [-0.2, 0) is 16.0 Å². The molecule has 27 heavy (non-hydrogen) atoms. The third kappa shape index (κ3) is 4.88. The first-order valence-corrected chi connectivity index (χ1v) is 9.41. The van der Waals surface area contributed by atoms with Crippen LogP contribution in [0.5, 0.6) is 5.75 Å². The Morgan fingerprint density at radius 1 is 1.07 bits per heavy atom. The van der Waals surface area contributed by atoms with Crippen molar-refractivity contribution in [3.05, 3.63) is 60.2 Å². The fourth-order valence-electron chi connectivity index (χ4n) is 3.35. The third-order valence-electron chi connectivity index (χ3n) is 4.61. The van der Waals surface area contributed by atoms with Gasteiger partial charge in [-0.3, -0.25) is 9.59 Å². The van der Waals surface area contributed by atoms with E-state index < -0.39 is 6.04 Å². The lowest BCUT2D eigenvalue weighted by Crippen LogP contribution is -2.50. The molecule has 1 aliphatic heterocycles. The van der Waals surface area contributed by atoms with Crippen LogP contribution in [0.1, 0.15) is 25.8 Å². The van der Waals surface area contributed by atoms with Crippen molar-refractivity contribution in [2.75, 3.05) is 18.1 Å². The van der Waals surface area contributed by atoms with E-state index in [0.29, 0.717) is 18.7 Å². The number of carbonyl (C=O) groups is 2. The summed E-state index contributed by atoms with van der Waals surface area (Å²) in [7, 11) is 0. The highest BCUT2D eigenvalue weighted by molar-refractivity contribution is 6.00. The van der Waals surface area contributed by atoms with Gasteiger partial charge in [0.2, 0.25) is 5.91 Å². The second kappa shape index (κ2) is 8.71. The third-order valence-corrected chi connectivity index (χ3v) is 4.61. The number of benzene rings is 2. The Balaban J connectivity index is 1.65. The van der Waals surface area contributed by atoms with E-state index in [2.05, 4.69) is 5.32 Å². The Kier molecular flexibility index (Phi) is 6.12. The molecule has 142 valence electrons. The molecule has 1 aliphatic rings. The van der Waals surface area contributed by atoms with Crippen LogP contribution in [0.3, 0.4) is 0 Å². The van der Waals surface area contributed by atoms with Crippen LogP contribution in [-0.4, -0.2) is 31.0 Å². The maximum absolute atomic E-state index is 13.1. The second-order valence-corrected chi connectivity index (χ2v) is 7.22. The van der Waals surface area contributed by atoms with Gasteiger partial charge in [0.05, 0.1) is 0 Å². The van der Waals surface area contributed by atoms with Crippen molar-refractivity contribution in [3.8, 4) is 5.75 Å². The van der Waals surface area contributed by atoms with Gasteiger partial charge in [-0.05, 0) is 42.5 Å². The smallest absolute Gasteiger partial charge is 0.258 e. The van der Waals surface area contributed by atoms with E-state index in [1.807, 2.05) is 56.3 Å². The number of anilines is 1. The summed E-state index contributed by atoms with van der Waals surface area (Å²) < 4.78 is 5.50. The van der Waals surface area contributed by atoms with Crippen LogP contribution < -0.4 is 15.0 Å². The summed E-state index contributed by atoms with van der Waals surface area (Å²) in [6, 6.07) is 16.6. The zero-order valence-corrected chi connectivity index (χ0v) is 15.9. The lowest BCUT2D eigenvalue weighted by Gasteiger charge is -2.26. The Morgan fingerprint density at radius 2 is 1.78 bits per heavy atom. The second-order valence-electron chi connectivity index (χ2n) is 7.22. The first kappa shape index (κ1) is 19.0. The van der Waals surface area contributed by atoms with Gasteiger partial charge in [-0.2, -0.15) is 0 Å². The van der Waals surface area contributed by atoms with Crippen molar-refractivity contribution in [1.82, 2.24) is 5.32 Å². The number of hydrogen-bond acceptors (Lipinski definition) is 3. The summed E-state index contributed by atoms with van der Waals surface area (Å²) in [6.45, 7) is 4.64. The summed E-state index contributed by atoms with van der Waals surface area (Å²) in [5, 5.41) is 2.87. The van der Waals surface area contributed by atoms with Gasteiger partial charge in [-0.25, -0.2) is 0 Å². The van der Waals surface area contributed by atoms with Gasteiger partial charge in [0.25, 0.3) is 5.91 Å². The van der Waals surface area contributed by atoms with Crippen molar-refractivity contribution in [2.45, 2.75) is 32.7 Å². The van der Waals surface area contributed by atoms with Crippen molar-refractivity contribution in [3.63, 3.8) is 0 Å². The number of ether oxygens (including phenoxy) is 1. The number of amides is 2. The molecule has 5 heteroatoms. The van der Waals surface area contributed by atoms with Crippen LogP contribution in [0.15, 0.2) is 54.6 Å². The fraction of sp³-hybridized carbons (Fsp3) is 0.364. The van der Waals surface area contributed by atoms with E-state index in [-0.39, 0.29) is 24.3 Å². The van der Waals surface area contributed by atoms with Crippen molar-refractivity contribution < 1.29 is 14.3 Å². The van der Waals surface area contributed by atoms with Crippen molar-refractivity contribution in [1.29, 1.82) is 0 Å². The minimum atomic E-state index is -0.553. The van der Waals surface area contributed by atoms with Crippen LogP contribution >= 0.6 is 0 Å². The molecule has 0 saturated heterocycles. The van der Waals surface area contributed by atoms with Gasteiger partial charge >= 0.3 is 0 Å². The van der Waals surface area contributed by atoms with Gasteiger partial charge < -0.3 is 15.0 Å². The lowest BCUT2D eigenvalue weighted by molar-refractivity contribution is -0.129. The molecule has 0 radical (unpaired) electrons. The highest BCUT2D eigenvalue weighted by atomic mass is 16.5. The van der Waals surface area contributed by atoms with Crippen LogP contribution in [0.4, 0.5) is 5.69 Å². The lowest BCUT2D eigenvalue weighted by atomic mass is 10.0. The first-order valence-electron chi connectivity index (χ1n) is 9.41. The monoisotopic (exact) mass is 366 g/mol. The first-order chi connectivity index (χ1) is 13.0. The largest absolute Gasteiger partial charge is 0.484 e. The number of rotatable bonds is 7. The zero-order chi connectivity index (χ0) is 19.2. The molecule has 0 aromatic heterocycles. The van der Waals surface area contributed by atoms with E-state index in [0.717, 1.165) is 12.1 Å². The predicted molar refractivity (Wildman–Crippen MR) is 106 cm³/mol. The number of para-hydroxylation sites is 2. The molecular weight excluding hydrogens is 340 g/mol. The summed E-state index contributed by atoms with van der Waals surface area (Å²) in [4.78, 5) is 27.3. The molecule has 0 fully saturated rings. The average Bonchev–Trinajstić information content (AvgIpc) is 3.10. The summed E-state index contributed by atoms with van der Waals surface area (Å²) in [5.41, 5.74) is 2.12. The number of carbonyl (C=O) groups excluding carboxylic acids is 2. The van der Waals surface area contributed by atoms with Gasteiger partial charge in [-0.1, -0.05) is 50.2 Å². The van der Waals surface area contributed by atoms with Crippen molar-refractivity contribution in [2.24, 2.45) is 5.92 Å². The molecule has 2 aromatic carbocycles. The molecule has 0 bridgehead atoms. The maximum atomic E-state index is 13.1. The molecule has 1 N–H and O–H groups in total. The molecule has 2 aromatic rings. The van der Waals surface area contributed by atoms with Crippen molar-refractivity contribution >= 4 is 17.5 Å². The zero-order valence-electron chi connectivity index (χ0n) is 15.9. The van der Waals surface area contributed by atoms with E-state index in [1.54, 1.807) is 17.0 Å². The summed E-state index contributed by atoms with van der Waals surface area (Å²) in [6.07, 6.45) is 1.44. The van der Waals surface area contributed by atoms with E-state index in [4.69, 9.17) is 4.74 Å². The molecule has 0 aliphatic carbocycles.